The van der Waals surface area contributed by atoms with Gasteiger partial charge in [-0.3, -0.25) is 0 Å². The minimum atomic E-state index is -4.37. The molecule has 0 spiro atoms. The van der Waals surface area contributed by atoms with Crippen molar-refractivity contribution in [2.24, 2.45) is 0 Å². The second kappa shape index (κ2) is 6.32. The number of hydrogen-bond donors (Lipinski definition) is 1. The average molecular weight is 353 g/mol. The third-order valence-corrected chi connectivity index (χ3v) is 3.64. The fourth-order valence-corrected chi connectivity index (χ4v) is 2.49. The van der Waals surface area contributed by atoms with Crippen LogP contribution in [0.1, 0.15) is 5.56 Å². The number of halogens is 4. The van der Waals surface area contributed by atoms with Gasteiger partial charge in [-0.25, -0.2) is 0 Å². The van der Waals surface area contributed by atoms with Gasteiger partial charge >= 0.3 is 6.18 Å². The van der Waals surface area contributed by atoms with Gasteiger partial charge in [-0.1, -0.05) is 15.9 Å². The summed E-state index contributed by atoms with van der Waals surface area (Å²) in [5.41, 5.74) is -0.589. The molecule has 0 bridgehead atoms. The van der Waals surface area contributed by atoms with Crippen molar-refractivity contribution >= 4 is 21.6 Å². The molecular formula is C13H16BrF3N2O. The molecule has 2 rings (SSSR count). The molecule has 7 heteroatoms. The molecule has 1 N–H and O–H groups in total. The standard InChI is InChI=1S/C13H16BrF3N2O/c1-19-4-5-20-10(8-19)7-18-12-6-9(14)2-3-11(12)13(15,16)17/h2-3,6,10,18H,4-5,7-8H2,1H3. The normalized spacial score (nSPS) is 20.9. The fraction of sp³-hybridized carbons (Fsp3) is 0.538. The number of likely N-dealkylation sites (N-methyl/N-ethyl adjacent to an activating group) is 1. The number of nitrogens with zero attached hydrogens (tertiary/aromatic N) is 1. The van der Waals surface area contributed by atoms with E-state index in [1.54, 1.807) is 0 Å². The number of hydrogen-bond acceptors (Lipinski definition) is 3. The van der Waals surface area contributed by atoms with Crippen LogP contribution in [0.4, 0.5) is 18.9 Å². The van der Waals surface area contributed by atoms with Crippen molar-refractivity contribution in [3.05, 3.63) is 28.2 Å². The van der Waals surface area contributed by atoms with Crippen LogP contribution in [0.3, 0.4) is 0 Å². The van der Waals surface area contributed by atoms with E-state index >= 15 is 0 Å². The number of rotatable bonds is 3. The summed E-state index contributed by atoms with van der Waals surface area (Å²) in [7, 11) is 1.97. The van der Waals surface area contributed by atoms with Gasteiger partial charge in [-0.05, 0) is 25.2 Å². The van der Waals surface area contributed by atoms with E-state index in [1.165, 1.54) is 12.1 Å². The highest BCUT2D eigenvalue weighted by molar-refractivity contribution is 9.10. The van der Waals surface area contributed by atoms with Gasteiger partial charge in [-0.15, -0.1) is 0 Å². The number of nitrogens with one attached hydrogen (secondary N) is 1. The van der Waals surface area contributed by atoms with E-state index < -0.39 is 11.7 Å². The highest BCUT2D eigenvalue weighted by atomic mass is 79.9. The van der Waals surface area contributed by atoms with Crippen LogP contribution in [0.25, 0.3) is 0 Å². The maximum Gasteiger partial charge on any atom is 0.418 e. The van der Waals surface area contributed by atoms with Gasteiger partial charge < -0.3 is 15.0 Å². The molecule has 1 aromatic carbocycles. The monoisotopic (exact) mass is 352 g/mol. The van der Waals surface area contributed by atoms with Crippen molar-refractivity contribution in [1.29, 1.82) is 0 Å². The smallest absolute Gasteiger partial charge is 0.382 e. The quantitative estimate of drug-likeness (QED) is 0.903. The maximum absolute atomic E-state index is 12.9. The first-order valence-electron chi connectivity index (χ1n) is 6.27. The molecule has 20 heavy (non-hydrogen) atoms. The zero-order valence-electron chi connectivity index (χ0n) is 11.0. The van der Waals surface area contributed by atoms with E-state index in [2.05, 4.69) is 26.1 Å². The molecule has 1 aromatic rings. The number of benzene rings is 1. The van der Waals surface area contributed by atoms with Gasteiger partial charge in [0.05, 0.1) is 18.3 Å². The molecule has 1 aliphatic heterocycles. The molecule has 0 amide bonds. The topological polar surface area (TPSA) is 24.5 Å². The lowest BCUT2D eigenvalue weighted by molar-refractivity contribution is -0.137. The summed E-state index contributed by atoms with van der Waals surface area (Å²) in [4.78, 5) is 2.10. The van der Waals surface area contributed by atoms with Crippen LogP contribution in [0, 0.1) is 0 Å². The Labute approximate surface area is 124 Å². The van der Waals surface area contributed by atoms with E-state index in [4.69, 9.17) is 4.74 Å². The molecule has 1 fully saturated rings. The van der Waals surface area contributed by atoms with Crippen molar-refractivity contribution in [2.75, 3.05) is 38.6 Å². The zero-order valence-corrected chi connectivity index (χ0v) is 12.6. The molecule has 0 aliphatic carbocycles. The van der Waals surface area contributed by atoms with Gasteiger partial charge in [0.1, 0.15) is 0 Å². The SMILES string of the molecule is CN1CCOC(CNc2cc(Br)ccc2C(F)(F)F)C1. The van der Waals surface area contributed by atoms with Gasteiger partial charge in [0.25, 0.3) is 0 Å². The molecule has 1 atom stereocenters. The summed E-state index contributed by atoms with van der Waals surface area (Å²) in [6, 6.07) is 3.90. The lowest BCUT2D eigenvalue weighted by Crippen LogP contribution is -2.43. The van der Waals surface area contributed by atoms with Crippen molar-refractivity contribution in [1.82, 2.24) is 4.90 Å². The Morgan fingerprint density at radius 2 is 2.20 bits per heavy atom. The molecular weight excluding hydrogens is 337 g/mol. The van der Waals surface area contributed by atoms with Crippen LogP contribution in [0.15, 0.2) is 22.7 Å². The van der Waals surface area contributed by atoms with Crippen LogP contribution < -0.4 is 5.32 Å². The van der Waals surface area contributed by atoms with E-state index in [-0.39, 0.29) is 11.8 Å². The Balaban J connectivity index is 2.06. The second-order valence-electron chi connectivity index (χ2n) is 4.82. The van der Waals surface area contributed by atoms with E-state index in [1.807, 2.05) is 7.05 Å². The molecule has 3 nitrogen and oxygen atoms in total. The van der Waals surface area contributed by atoms with E-state index in [0.717, 1.165) is 12.6 Å². The van der Waals surface area contributed by atoms with Crippen LogP contribution in [0.2, 0.25) is 0 Å². The van der Waals surface area contributed by atoms with Crippen molar-refractivity contribution < 1.29 is 17.9 Å². The van der Waals surface area contributed by atoms with Crippen molar-refractivity contribution in [3.63, 3.8) is 0 Å². The number of ether oxygens (including phenoxy) is 1. The van der Waals surface area contributed by atoms with Crippen LogP contribution in [0.5, 0.6) is 0 Å². The predicted octanol–water partition coefficient (Wildman–Crippen LogP) is 3.21. The summed E-state index contributed by atoms with van der Waals surface area (Å²) in [6.07, 6.45) is -4.47. The summed E-state index contributed by atoms with van der Waals surface area (Å²) in [5, 5.41) is 2.85. The highest BCUT2D eigenvalue weighted by Gasteiger charge is 2.33. The number of morpholine rings is 1. The first-order valence-corrected chi connectivity index (χ1v) is 7.06. The van der Waals surface area contributed by atoms with Crippen LogP contribution in [-0.4, -0.2) is 44.3 Å². The Morgan fingerprint density at radius 3 is 2.85 bits per heavy atom. The molecule has 1 saturated heterocycles. The number of anilines is 1. The largest absolute Gasteiger partial charge is 0.418 e. The average Bonchev–Trinajstić information content (AvgIpc) is 2.35. The summed E-state index contributed by atoms with van der Waals surface area (Å²) in [5.74, 6) is 0. The third-order valence-electron chi connectivity index (χ3n) is 3.15. The van der Waals surface area contributed by atoms with Gasteiger partial charge in [0.15, 0.2) is 0 Å². The predicted molar refractivity (Wildman–Crippen MR) is 74.9 cm³/mol. The Bertz CT molecular complexity index is 467. The highest BCUT2D eigenvalue weighted by Crippen LogP contribution is 2.36. The minimum Gasteiger partial charge on any atom is -0.382 e. The molecule has 0 aromatic heterocycles. The Kier molecular flexibility index (Phi) is 4.93. The molecule has 0 radical (unpaired) electrons. The van der Waals surface area contributed by atoms with Crippen LogP contribution >= 0.6 is 15.9 Å². The van der Waals surface area contributed by atoms with Crippen molar-refractivity contribution in [3.8, 4) is 0 Å². The summed E-state index contributed by atoms with van der Waals surface area (Å²) >= 11 is 3.19. The van der Waals surface area contributed by atoms with Crippen LogP contribution in [-0.2, 0) is 10.9 Å². The number of alkyl halides is 3. The molecule has 1 heterocycles. The van der Waals surface area contributed by atoms with Gasteiger partial charge in [-0.2, -0.15) is 13.2 Å². The summed E-state index contributed by atoms with van der Waals surface area (Å²) in [6.45, 7) is 2.51. The Hall–Kier alpha value is -0.790. The first kappa shape index (κ1) is 15.6. The van der Waals surface area contributed by atoms with Gasteiger partial charge in [0, 0.05) is 29.8 Å². The summed E-state index contributed by atoms with van der Waals surface area (Å²) < 4.78 is 44.9. The molecule has 112 valence electrons. The lowest BCUT2D eigenvalue weighted by Gasteiger charge is -2.30. The molecule has 1 unspecified atom stereocenters. The minimum absolute atomic E-state index is 0.0729. The van der Waals surface area contributed by atoms with E-state index in [0.29, 0.717) is 24.2 Å². The first-order chi connectivity index (χ1) is 9.36. The fourth-order valence-electron chi connectivity index (χ4n) is 2.12. The van der Waals surface area contributed by atoms with Crippen molar-refractivity contribution in [2.45, 2.75) is 12.3 Å². The van der Waals surface area contributed by atoms with E-state index in [9.17, 15) is 13.2 Å². The lowest BCUT2D eigenvalue weighted by atomic mass is 10.1. The van der Waals surface area contributed by atoms with Gasteiger partial charge in [0.2, 0.25) is 0 Å². The molecule has 1 aliphatic rings. The molecule has 0 saturated carbocycles. The maximum atomic E-state index is 12.9. The zero-order chi connectivity index (χ0) is 14.8. The Morgan fingerprint density at radius 1 is 1.45 bits per heavy atom. The second-order valence-corrected chi connectivity index (χ2v) is 5.74. The third kappa shape index (κ3) is 4.10.